The molecule has 24 heavy (non-hydrogen) atoms. The van der Waals surface area contributed by atoms with Crippen molar-refractivity contribution in [2.75, 3.05) is 13.7 Å². The van der Waals surface area contributed by atoms with E-state index in [1.807, 2.05) is 42.8 Å². The van der Waals surface area contributed by atoms with Crippen LogP contribution < -0.4 is 4.74 Å². The van der Waals surface area contributed by atoms with Gasteiger partial charge in [0.05, 0.1) is 19.9 Å². The maximum absolute atomic E-state index is 11.2. The number of benzene rings is 1. The van der Waals surface area contributed by atoms with Crippen LogP contribution in [-0.2, 0) is 19.2 Å². The van der Waals surface area contributed by atoms with Crippen molar-refractivity contribution in [3.05, 3.63) is 47.0 Å². The molecule has 1 N–H and O–H groups in total. The van der Waals surface area contributed by atoms with E-state index < -0.39 is 5.60 Å². The number of likely N-dealkylation sites (tertiary alicyclic amines) is 1. The highest BCUT2D eigenvalue weighted by atomic mass is 35.5. The fourth-order valence-electron chi connectivity index (χ4n) is 3.53. The summed E-state index contributed by atoms with van der Waals surface area (Å²) >= 11 is 6.09. The van der Waals surface area contributed by atoms with Crippen LogP contribution in [0, 0.1) is 0 Å². The summed E-state index contributed by atoms with van der Waals surface area (Å²) in [6.45, 7) is 3.52. The molecular weight excluding hydrogens is 326 g/mol. The number of rotatable bonds is 5. The van der Waals surface area contributed by atoms with Gasteiger partial charge in [0.15, 0.2) is 0 Å². The number of aliphatic hydroxyl groups is 1. The third kappa shape index (κ3) is 3.16. The lowest BCUT2D eigenvalue weighted by Gasteiger charge is -2.37. The Morgan fingerprint density at radius 3 is 2.67 bits per heavy atom. The standard InChI is InChI=1S/C18H24ClN3O2/c1-18(23,13-6-8-14(24-3)9-7-13)15-5-4-10-22(15)12-17-20-11-16(19)21(17)2/h6-9,11,15,23H,4-5,10,12H2,1-3H3/t15-,18-/m0/s1. The Labute approximate surface area is 147 Å². The van der Waals surface area contributed by atoms with Gasteiger partial charge in [0.2, 0.25) is 0 Å². The fourth-order valence-corrected chi connectivity index (χ4v) is 3.67. The minimum absolute atomic E-state index is 0.0429. The van der Waals surface area contributed by atoms with Crippen LogP contribution in [0.2, 0.25) is 5.15 Å². The molecule has 1 aliphatic rings. The topological polar surface area (TPSA) is 50.5 Å². The molecule has 1 aromatic carbocycles. The molecule has 2 atom stereocenters. The van der Waals surface area contributed by atoms with Crippen LogP contribution in [-0.4, -0.2) is 39.3 Å². The van der Waals surface area contributed by atoms with E-state index in [9.17, 15) is 5.11 Å². The molecule has 0 spiro atoms. The highest BCUT2D eigenvalue weighted by Gasteiger charge is 2.40. The van der Waals surface area contributed by atoms with E-state index >= 15 is 0 Å². The van der Waals surface area contributed by atoms with Crippen molar-refractivity contribution in [2.24, 2.45) is 7.05 Å². The SMILES string of the molecule is COc1ccc([C@](C)(O)[C@@H]2CCCN2Cc2ncc(Cl)n2C)cc1. The van der Waals surface area contributed by atoms with Gasteiger partial charge in [-0.1, -0.05) is 23.7 Å². The van der Waals surface area contributed by atoms with Crippen LogP contribution in [0.25, 0.3) is 0 Å². The summed E-state index contributed by atoms with van der Waals surface area (Å²) in [4.78, 5) is 6.68. The van der Waals surface area contributed by atoms with Crippen LogP contribution in [0.3, 0.4) is 0 Å². The molecule has 1 aliphatic heterocycles. The van der Waals surface area contributed by atoms with E-state index in [2.05, 4.69) is 9.88 Å². The van der Waals surface area contributed by atoms with E-state index in [1.54, 1.807) is 13.3 Å². The normalized spacial score (nSPS) is 21.0. The number of ether oxygens (including phenoxy) is 1. The zero-order valence-electron chi connectivity index (χ0n) is 14.4. The van der Waals surface area contributed by atoms with Crippen LogP contribution in [0.5, 0.6) is 5.75 Å². The molecule has 1 aromatic heterocycles. The van der Waals surface area contributed by atoms with Gasteiger partial charge >= 0.3 is 0 Å². The molecule has 1 fully saturated rings. The predicted octanol–water partition coefficient (Wildman–Crippen LogP) is 2.95. The van der Waals surface area contributed by atoms with E-state index in [-0.39, 0.29) is 6.04 Å². The van der Waals surface area contributed by atoms with Gasteiger partial charge in [-0.2, -0.15) is 0 Å². The quantitative estimate of drug-likeness (QED) is 0.901. The van der Waals surface area contributed by atoms with Crippen LogP contribution in [0.4, 0.5) is 0 Å². The Kier molecular flexibility index (Phi) is 4.85. The van der Waals surface area contributed by atoms with Crippen molar-refractivity contribution in [2.45, 2.75) is 38.0 Å². The molecule has 0 amide bonds. The number of hydrogen-bond donors (Lipinski definition) is 1. The van der Waals surface area contributed by atoms with Crippen molar-refractivity contribution in [1.82, 2.24) is 14.5 Å². The minimum atomic E-state index is -0.933. The Bertz CT molecular complexity index is 697. The number of imidazole rings is 1. The van der Waals surface area contributed by atoms with Crippen molar-refractivity contribution >= 4 is 11.6 Å². The highest BCUT2D eigenvalue weighted by molar-refractivity contribution is 6.29. The third-order valence-corrected chi connectivity index (χ3v) is 5.41. The van der Waals surface area contributed by atoms with E-state index in [0.717, 1.165) is 36.5 Å². The minimum Gasteiger partial charge on any atom is -0.497 e. The first-order chi connectivity index (χ1) is 11.4. The molecule has 2 heterocycles. The summed E-state index contributed by atoms with van der Waals surface area (Å²) in [6, 6.07) is 7.70. The van der Waals surface area contributed by atoms with Crippen molar-refractivity contribution < 1.29 is 9.84 Å². The molecule has 0 saturated carbocycles. The average molecular weight is 350 g/mol. The number of hydrogen-bond acceptors (Lipinski definition) is 4. The van der Waals surface area contributed by atoms with E-state index in [1.165, 1.54) is 0 Å². The molecule has 130 valence electrons. The lowest BCUT2D eigenvalue weighted by atomic mass is 9.86. The van der Waals surface area contributed by atoms with Gasteiger partial charge in [-0.15, -0.1) is 0 Å². The maximum atomic E-state index is 11.2. The van der Waals surface area contributed by atoms with Gasteiger partial charge < -0.3 is 14.4 Å². The molecule has 0 unspecified atom stereocenters. The zero-order valence-corrected chi connectivity index (χ0v) is 15.1. The van der Waals surface area contributed by atoms with Gasteiger partial charge in [-0.25, -0.2) is 4.98 Å². The Morgan fingerprint density at radius 1 is 1.38 bits per heavy atom. The average Bonchev–Trinajstić information content (AvgIpc) is 3.17. The van der Waals surface area contributed by atoms with Crippen molar-refractivity contribution in [3.8, 4) is 5.75 Å². The molecule has 5 nitrogen and oxygen atoms in total. The first-order valence-electron chi connectivity index (χ1n) is 8.20. The van der Waals surface area contributed by atoms with Gasteiger partial charge in [0, 0.05) is 13.1 Å². The number of aromatic nitrogens is 2. The number of methoxy groups -OCH3 is 1. The first kappa shape index (κ1) is 17.3. The van der Waals surface area contributed by atoms with Crippen LogP contribution in [0.15, 0.2) is 30.5 Å². The van der Waals surface area contributed by atoms with Gasteiger partial charge in [-0.05, 0) is 44.0 Å². The molecule has 0 aliphatic carbocycles. The second-order valence-corrected chi connectivity index (χ2v) is 6.95. The van der Waals surface area contributed by atoms with Crippen molar-refractivity contribution in [3.63, 3.8) is 0 Å². The molecular formula is C18H24ClN3O2. The summed E-state index contributed by atoms with van der Waals surface area (Å²) in [6.07, 6.45) is 3.69. The lowest BCUT2D eigenvalue weighted by molar-refractivity contribution is -0.0263. The van der Waals surface area contributed by atoms with E-state index in [0.29, 0.717) is 11.7 Å². The summed E-state index contributed by atoms with van der Waals surface area (Å²) in [7, 11) is 3.56. The van der Waals surface area contributed by atoms with E-state index in [4.69, 9.17) is 16.3 Å². The Morgan fingerprint density at radius 2 is 2.08 bits per heavy atom. The molecule has 6 heteroatoms. The molecule has 2 aromatic rings. The number of nitrogens with zero attached hydrogens (tertiary/aromatic N) is 3. The summed E-state index contributed by atoms with van der Waals surface area (Å²) in [5.41, 5.74) is -0.0318. The first-order valence-corrected chi connectivity index (χ1v) is 8.58. The second kappa shape index (κ2) is 6.75. The molecule has 0 bridgehead atoms. The Hall–Kier alpha value is -1.56. The summed E-state index contributed by atoms with van der Waals surface area (Å²) < 4.78 is 7.10. The molecule has 3 rings (SSSR count). The third-order valence-electron chi connectivity index (χ3n) is 5.06. The summed E-state index contributed by atoms with van der Waals surface area (Å²) in [5, 5.41) is 11.9. The summed E-state index contributed by atoms with van der Waals surface area (Å²) in [5.74, 6) is 1.71. The van der Waals surface area contributed by atoms with Gasteiger partial charge in [0.25, 0.3) is 0 Å². The smallest absolute Gasteiger partial charge is 0.128 e. The molecule has 1 saturated heterocycles. The van der Waals surface area contributed by atoms with Crippen LogP contribution in [0.1, 0.15) is 31.2 Å². The zero-order chi connectivity index (χ0) is 17.3. The predicted molar refractivity (Wildman–Crippen MR) is 94.2 cm³/mol. The van der Waals surface area contributed by atoms with Crippen LogP contribution >= 0.6 is 11.6 Å². The second-order valence-electron chi connectivity index (χ2n) is 6.56. The molecule has 0 radical (unpaired) electrons. The fraction of sp³-hybridized carbons (Fsp3) is 0.500. The Balaban J connectivity index is 1.81. The monoisotopic (exact) mass is 349 g/mol. The number of halogens is 1. The van der Waals surface area contributed by atoms with Crippen molar-refractivity contribution in [1.29, 1.82) is 0 Å². The maximum Gasteiger partial charge on any atom is 0.128 e. The van der Waals surface area contributed by atoms with Gasteiger partial charge in [-0.3, -0.25) is 4.90 Å². The highest BCUT2D eigenvalue weighted by Crippen LogP contribution is 2.36. The lowest BCUT2D eigenvalue weighted by Crippen LogP contribution is -2.45. The van der Waals surface area contributed by atoms with Gasteiger partial charge in [0.1, 0.15) is 22.3 Å². The largest absolute Gasteiger partial charge is 0.497 e.